The first-order valence-electron chi connectivity index (χ1n) is 1.94. The number of hydrogen-bond donors (Lipinski definition) is 2. The Hall–Kier alpha value is 1.40. The molecule has 0 aromatic rings. The van der Waals surface area contributed by atoms with Crippen LogP contribution in [0.1, 0.15) is 6.42 Å². The zero-order valence-corrected chi connectivity index (χ0v) is 7.25. The molecule has 0 radical (unpaired) electrons. The van der Waals surface area contributed by atoms with Crippen molar-refractivity contribution in [3.05, 3.63) is 0 Å². The Labute approximate surface area is 62.8 Å². The van der Waals surface area contributed by atoms with Gasteiger partial charge in [-0.2, -0.15) is 0 Å². The van der Waals surface area contributed by atoms with Crippen LogP contribution in [0.5, 0.6) is 0 Å². The molecule has 4 heteroatoms. The lowest BCUT2D eigenvalue weighted by Gasteiger charge is -1.89. The van der Waals surface area contributed by atoms with E-state index in [9.17, 15) is 0 Å². The minimum Gasteiger partial charge on any atom is -0.111 e. The van der Waals surface area contributed by atoms with Gasteiger partial charge in [0.25, 0.3) is 0 Å². The van der Waals surface area contributed by atoms with Gasteiger partial charge < -0.3 is 0 Å². The molecule has 0 atom stereocenters. The minimum absolute atomic E-state index is 1.14. The van der Waals surface area contributed by atoms with Gasteiger partial charge in [0, 0.05) is 11.5 Å². The SMILES string of the molecule is SSCCCSS. The van der Waals surface area contributed by atoms with Gasteiger partial charge in [0.2, 0.25) is 0 Å². The van der Waals surface area contributed by atoms with Gasteiger partial charge in [-0.15, -0.1) is 23.3 Å². The highest BCUT2D eigenvalue weighted by atomic mass is 33.1. The first kappa shape index (κ1) is 8.40. The van der Waals surface area contributed by atoms with E-state index in [0.717, 1.165) is 11.5 Å². The summed E-state index contributed by atoms with van der Waals surface area (Å²) in [4.78, 5) is 0. The van der Waals surface area contributed by atoms with Gasteiger partial charge >= 0.3 is 0 Å². The number of hydrogen-bond acceptors (Lipinski definition) is 4. The van der Waals surface area contributed by atoms with Crippen molar-refractivity contribution in [2.45, 2.75) is 6.42 Å². The third-order valence-corrected chi connectivity index (χ3v) is 2.51. The predicted molar refractivity (Wildman–Crippen MR) is 47.5 cm³/mol. The highest BCUT2D eigenvalue weighted by Crippen LogP contribution is 2.11. The van der Waals surface area contributed by atoms with Crippen molar-refractivity contribution in [1.29, 1.82) is 0 Å². The minimum atomic E-state index is 1.14. The second kappa shape index (κ2) is 7.40. The second-order valence-corrected chi connectivity index (χ2v) is 3.90. The van der Waals surface area contributed by atoms with Gasteiger partial charge in [0.15, 0.2) is 0 Å². The largest absolute Gasteiger partial charge is 0.111 e. The Morgan fingerprint density at radius 1 is 1.00 bits per heavy atom. The summed E-state index contributed by atoms with van der Waals surface area (Å²) in [5.41, 5.74) is 0. The summed E-state index contributed by atoms with van der Waals surface area (Å²) in [7, 11) is 3.18. The van der Waals surface area contributed by atoms with E-state index in [1.54, 1.807) is 21.6 Å². The predicted octanol–water partition coefficient (Wildman–Crippen LogP) is 2.53. The van der Waals surface area contributed by atoms with Gasteiger partial charge in [-0.3, -0.25) is 0 Å². The summed E-state index contributed by atoms with van der Waals surface area (Å²) in [6, 6.07) is 0. The van der Waals surface area contributed by atoms with Crippen LogP contribution in [-0.2, 0) is 0 Å². The molecule has 0 aromatic heterocycles. The second-order valence-electron chi connectivity index (χ2n) is 1.02. The molecular formula is C3H8S4. The average molecular weight is 172 g/mol. The molecule has 0 fully saturated rings. The first-order valence-corrected chi connectivity index (χ1v) is 6.02. The molecule has 0 amide bonds. The molecule has 0 aliphatic heterocycles. The Morgan fingerprint density at radius 2 is 1.43 bits per heavy atom. The zero-order chi connectivity index (χ0) is 5.54. The van der Waals surface area contributed by atoms with E-state index in [4.69, 9.17) is 0 Å². The highest BCUT2D eigenvalue weighted by Gasteiger charge is 1.81. The topological polar surface area (TPSA) is 0 Å². The van der Waals surface area contributed by atoms with Crippen molar-refractivity contribution in [3.63, 3.8) is 0 Å². The number of thiol groups is 2. The molecule has 0 aliphatic carbocycles. The van der Waals surface area contributed by atoms with Crippen molar-refractivity contribution >= 4 is 44.9 Å². The molecule has 44 valence electrons. The molecule has 0 unspecified atom stereocenters. The molecule has 0 aliphatic rings. The fourth-order valence-electron chi connectivity index (χ4n) is 0.188. The molecule has 0 N–H and O–H groups in total. The summed E-state index contributed by atoms with van der Waals surface area (Å²) >= 11 is 7.95. The summed E-state index contributed by atoms with van der Waals surface area (Å²) in [6.07, 6.45) is 1.21. The lowest BCUT2D eigenvalue weighted by atomic mass is 10.6. The van der Waals surface area contributed by atoms with E-state index < -0.39 is 0 Å². The van der Waals surface area contributed by atoms with Gasteiger partial charge in [0.05, 0.1) is 0 Å². The maximum absolute atomic E-state index is 3.98. The lowest BCUT2D eigenvalue weighted by molar-refractivity contribution is 1.13. The van der Waals surface area contributed by atoms with E-state index in [2.05, 4.69) is 23.3 Å². The maximum atomic E-state index is 3.98. The van der Waals surface area contributed by atoms with Crippen molar-refractivity contribution in [2.75, 3.05) is 11.5 Å². The van der Waals surface area contributed by atoms with E-state index in [0.29, 0.717) is 0 Å². The third-order valence-electron chi connectivity index (χ3n) is 0.471. The van der Waals surface area contributed by atoms with Crippen LogP contribution in [0.15, 0.2) is 0 Å². The molecular weight excluding hydrogens is 164 g/mol. The molecule has 0 saturated heterocycles. The Balaban J connectivity index is 2.45. The normalized spacial score (nSPS) is 9.43. The van der Waals surface area contributed by atoms with Crippen molar-refractivity contribution in [2.24, 2.45) is 0 Å². The fraction of sp³-hybridized carbons (Fsp3) is 1.00. The molecule has 0 aromatic carbocycles. The average Bonchev–Trinajstić information content (AvgIpc) is 1.69. The zero-order valence-electron chi connectivity index (χ0n) is 3.83. The van der Waals surface area contributed by atoms with Crippen LogP contribution < -0.4 is 0 Å². The van der Waals surface area contributed by atoms with Crippen molar-refractivity contribution in [1.82, 2.24) is 0 Å². The summed E-state index contributed by atoms with van der Waals surface area (Å²) in [6.45, 7) is 0. The Bertz CT molecular complexity index is 26.1. The van der Waals surface area contributed by atoms with Crippen LogP contribution in [0, 0.1) is 0 Å². The van der Waals surface area contributed by atoms with Crippen LogP contribution >= 0.6 is 44.9 Å². The number of rotatable bonds is 4. The summed E-state index contributed by atoms with van der Waals surface area (Å²) in [5, 5.41) is 0. The van der Waals surface area contributed by atoms with Crippen molar-refractivity contribution in [3.8, 4) is 0 Å². The third kappa shape index (κ3) is 7.40. The van der Waals surface area contributed by atoms with Crippen LogP contribution in [0.3, 0.4) is 0 Å². The molecule has 0 bridgehead atoms. The lowest BCUT2D eigenvalue weighted by Crippen LogP contribution is -1.76. The van der Waals surface area contributed by atoms with Gasteiger partial charge in [-0.1, -0.05) is 21.6 Å². The van der Waals surface area contributed by atoms with Crippen LogP contribution in [0.2, 0.25) is 0 Å². The first-order chi connectivity index (χ1) is 3.41. The molecule has 0 rings (SSSR count). The van der Waals surface area contributed by atoms with Gasteiger partial charge in [-0.05, 0) is 6.42 Å². The molecule has 0 saturated carbocycles. The quantitative estimate of drug-likeness (QED) is 0.380. The van der Waals surface area contributed by atoms with Crippen molar-refractivity contribution < 1.29 is 0 Å². The smallest absolute Gasteiger partial charge is 0.00426 e. The molecule has 0 heterocycles. The monoisotopic (exact) mass is 172 g/mol. The van der Waals surface area contributed by atoms with E-state index in [-0.39, 0.29) is 0 Å². The van der Waals surface area contributed by atoms with Gasteiger partial charge in [-0.25, -0.2) is 0 Å². The van der Waals surface area contributed by atoms with Gasteiger partial charge in [0.1, 0.15) is 0 Å². The van der Waals surface area contributed by atoms with Crippen LogP contribution in [-0.4, -0.2) is 11.5 Å². The van der Waals surface area contributed by atoms with Crippen LogP contribution in [0.25, 0.3) is 0 Å². The molecule has 7 heavy (non-hydrogen) atoms. The van der Waals surface area contributed by atoms with E-state index in [1.807, 2.05) is 0 Å². The molecule has 0 nitrogen and oxygen atoms in total. The van der Waals surface area contributed by atoms with E-state index in [1.165, 1.54) is 6.42 Å². The Kier molecular flexibility index (Phi) is 8.88. The summed E-state index contributed by atoms with van der Waals surface area (Å²) < 4.78 is 0. The molecule has 0 spiro atoms. The standard InChI is InChI=1S/C3H8S4/c4-6-2-1-3-7-5/h4-5H,1-3H2. The highest BCUT2D eigenvalue weighted by molar-refractivity contribution is 8.69. The Morgan fingerprint density at radius 3 is 1.71 bits per heavy atom. The van der Waals surface area contributed by atoms with E-state index >= 15 is 0 Å². The summed E-state index contributed by atoms with van der Waals surface area (Å²) in [5.74, 6) is 2.27. The maximum Gasteiger partial charge on any atom is 0.00426 e. The fourth-order valence-corrected chi connectivity index (χ4v) is 1.69. The van der Waals surface area contributed by atoms with Crippen LogP contribution in [0.4, 0.5) is 0 Å².